The van der Waals surface area contributed by atoms with E-state index in [0.29, 0.717) is 27.2 Å². The van der Waals surface area contributed by atoms with Crippen molar-refractivity contribution in [3.63, 3.8) is 0 Å². The lowest BCUT2D eigenvalue weighted by Crippen LogP contribution is -2.30. The smallest absolute Gasteiger partial charge is 0.294 e. The average Bonchev–Trinajstić information content (AvgIpc) is 3.49. The molecular formula is C23H18F3N5O2S. The van der Waals surface area contributed by atoms with Gasteiger partial charge in [0, 0.05) is 24.7 Å². The monoisotopic (exact) mass is 485 g/mol. The Bertz CT molecular complexity index is 1450. The molecule has 1 aliphatic rings. The summed E-state index contributed by atoms with van der Waals surface area (Å²) in [5.41, 5.74) is 0.309. The maximum Gasteiger partial charge on any atom is 0.294 e. The molecule has 0 spiro atoms. The standard InChI is InChI=1S/C23H18F3N5O2S/c24-14-5-3-13(4-6-14)19-21-20(28-23(34-21)30-9-1-2-10-30)22(33)31(29-19)12-18(32)27-17-8-7-15(25)11-16(17)26/h3-8,11H,1-2,9-10,12H2,(H,27,32). The number of nitrogens with zero attached hydrogens (tertiary/aromatic N) is 4. The highest BCUT2D eigenvalue weighted by molar-refractivity contribution is 7.22. The zero-order chi connectivity index (χ0) is 23.8. The van der Waals surface area contributed by atoms with Crippen LogP contribution in [0.25, 0.3) is 21.5 Å². The minimum atomic E-state index is -0.939. The number of fused-ring (bicyclic) bond motifs is 1. The summed E-state index contributed by atoms with van der Waals surface area (Å²) in [4.78, 5) is 32.4. The summed E-state index contributed by atoms with van der Waals surface area (Å²) in [5, 5.41) is 7.38. The van der Waals surface area contributed by atoms with Crippen LogP contribution in [0.4, 0.5) is 24.0 Å². The van der Waals surface area contributed by atoms with Gasteiger partial charge in [0.2, 0.25) is 5.91 Å². The van der Waals surface area contributed by atoms with Gasteiger partial charge in [-0.25, -0.2) is 22.8 Å². The predicted octanol–water partition coefficient (Wildman–Crippen LogP) is 4.18. The van der Waals surface area contributed by atoms with Crippen LogP contribution in [0.1, 0.15) is 12.8 Å². The Balaban J connectivity index is 1.55. The third kappa shape index (κ3) is 4.26. The topological polar surface area (TPSA) is 80.1 Å². The Morgan fingerprint density at radius 1 is 1.03 bits per heavy atom. The summed E-state index contributed by atoms with van der Waals surface area (Å²) in [6.45, 7) is 1.15. The molecule has 1 N–H and O–H groups in total. The SMILES string of the molecule is O=C(Cn1nc(-c2ccc(F)cc2)c2sc(N3CCCC3)nc2c1=O)Nc1ccc(F)cc1F. The lowest BCUT2D eigenvalue weighted by atomic mass is 10.1. The summed E-state index contributed by atoms with van der Waals surface area (Å²) in [5.74, 6) is -2.86. The van der Waals surface area contributed by atoms with Crippen LogP contribution in [-0.4, -0.2) is 33.8 Å². The van der Waals surface area contributed by atoms with Gasteiger partial charge in [0.15, 0.2) is 10.6 Å². The molecule has 0 aliphatic carbocycles. The van der Waals surface area contributed by atoms with E-state index in [1.165, 1.54) is 35.6 Å². The van der Waals surface area contributed by atoms with Crippen LogP contribution < -0.4 is 15.8 Å². The van der Waals surface area contributed by atoms with E-state index in [1.807, 2.05) is 0 Å². The molecule has 5 rings (SSSR count). The number of hydrogen-bond donors (Lipinski definition) is 1. The highest BCUT2D eigenvalue weighted by atomic mass is 32.1. The molecule has 11 heteroatoms. The Labute approximate surface area is 195 Å². The van der Waals surface area contributed by atoms with E-state index in [1.54, 1.807) is 0 Å². The van der Waals surface area contributed by atoms with E-state index >= 15 is 0 Å². The molecular weight excluding hydrogens is 467 g/mol. The number of carbonyl (C=O) groups is 1. The number of nitrogens with one attached hydrogen (secondary N) is 1. The van der Waals surface area contributed by atoms with Crippen molar-refractivity contribution in [3.05, 3.63) is 70.3 Å². The van der Waals surface area contributed by atoms with Gasteiger partial charge >= 0.3 is 0 Å². The molecule has 0 radical (unpaired) electrons. The number of rotatable bonds is 5. The number of aromatic nitrogens is 3. The minimum Gasteiger partial charge on any atom is -0.348 e. The van der Waals surface area contributed by atoms with Crippen molar-refractivity contribution in [2.45, 2.75) is 19.4 Å². The van der Waals surface area contributed by atoms with Crippen molar-refractivity contribution in [3.8, 4) is 11.3 Å². The van der Waals surface area contributed by atoms with Crippen LogP contribution in [-0.2, 0) is 11.3 Å². The highest BCUT2D eigenvalue weighted by Crippen LogP contribution is 2.35. The third-order valence-electron chi connectivity index (χ3n) is 5.48. The maximum absolute atomic E-state index is 13.9. The molecule has 1 aliphatic heterocycles. The van der Waals surface area contributed by atoms with E-state index in [4.69, 9.17) is 0 Å². The van der Waals surface area contributed by atoms with Crippen molar-refractivity contribution >= 4 is 38.3 Å². The lowest BCUT2D eigenvalue weighted by Gasteiger charge is -2.11. The highest BCUT2D eigenvalue weighted by Gasteiger charge is 2.23. The maximum atomic E-state index is 13.9. The van der Waals surface area contributed by atoms with E-state index in [9.17, 15) is 22.8 Å². The lowest BCUT2D eigenvalue weighted by molar-refractivity contribution is -0.117. The molecule has 0 saturated carbocycles. The first-order valence-corrected chi connectivity index (χ1v) is 11.4. The van der Waals surface area contributed by atoms with Gasteiger partial charge in [-0.05, 0) is 49.2 Å². The Hall–Kier alpha value is -3.73. The number of carbonyl (C=O) groups excluding carboxylic acids is 1. The van der Waals surface area contributed by atoms with Gasteiger partial charge in [0.1, 0.15) is 29.7 Å². The fourth-order valence-corrected chi connectivity index (χ4v) is 4.93. The summed E-state index contributed by atoms with van der Waals surface area (Å²) in [6.07, 6.45) is 2.06. The molecule has 174 valence electrons. The number of halogens is 3. The van der Waals surface area contributed by atoms with E-state index < -0.39 is 35.5 Å². The van der Waals surface area contributed by atoms with Gasteiger partial charge in [-0.3, -0.25) is 9.59 Å². The second-order valence-corrected chi connectivity index (χ2v) is 8.84. The molecule has 34 heavy (non-hydrogen) atoms. The first kappa shape index (κ1) is 22.1. The second kappa shape index (κ2) is 8.90. The second-order valence-electron chi connectivity index (χ2n) is 7.86. The number of thiazole rings is 1. The largest absolute Gasteiger partial charge is 0.348 e. The summed E-state index contributed by atoms with van der Waals surface area (Å²) in [6, 6.07) is 8.39. The minimum absolute atomic E-state index is 0.155. The average molecular weight is 485 g/mol. The zero-order valence-corrected chi connectivity index (χ0v) is 18.5. The van der Waals surface area contributed by atoms with E-state index in [2.05, 4.69) is 20.3 Å². The van der Waals surface area contributed by atoms with Gasteiger partial charge in [0.25, 0.3) is 5.56 Å². The van der Waals surface area contributed by atoms with Crippen LogP contribution >= 0.6 is 11.3 Å². The number of amides is 1. The van der Waals surface area contributed by atoms with Crippen molar-refractivity contribution in [1.82, 2.24) is 14.8 Å². The number of anilines is 2. The molecule has 0 bridgehead atoms. The number of benzene rings is 2. The van der Waals surface area contributed by atoms with Gasteiger partial charge in [-0.2, -0.15) is 5.10 Å². The molecule has 0 atom stereocenters. The molecule has 2 aromatic carbocycles. The molecule has 1 saturated heterocycles. The summed E-state index contributed by atoms with van der Waals surface area (Å²) < 4.78 is 42.1. The van der Waals surface area contributed by atoms with Crippen molar-refractivity contribution in [2.24, 2.45) is 0 Å². The molecule has 7 nitrogen and oxygen atoms in total. The molecule has 1 fully saturated rings. The van der Waals surface area contributed by atoms with Gasteiger partial charge in [-0.15, -0.1) is 0 Å². The summed E-state index contributed by atoms with van der Waals surface area (Å²) >= 11 is 1.33. The fourth-order valence-electron chi connectivity index (χ4n) is 3.81. The van der Waals surface area contributed by atoms with Crippen molar-refractivity contribution in [2.75, 3.05) is 23.3 Å². The van der Waals surface area contributed by atoms with Crippen LogP contribution in [0.15, 0.2) is 47.3 Å². The van der Waals surface area contributed by atoms with Crippen LogP contribution in [0.5, 0.6) is 0 Å². The third-order valence-corrected chi connectivity index (χ3v) is 6.60. The fraction of sp³-hybridized carbons (Fsp3) is 0.217. The van der Waals surface area contributed by atoms with Gasteiger partial charge < -0.3 is 10.2 Å². The molecule has 4 aromatic rings. The Kier molecular flexibility index (Phi) is 5.78. The van der Waals surface area contributed by atoms with Crippen molar-refractivity contribution < 1.29 is 18.0 Å². The van der Waals surface area contributed by atoms with Crippen LogP contribution in [0, 0.1) is 17.5 Å². The van der Waals surface area contributed by atoms with Crippen LogP contribution in [0.3, 0.4) is 0 Å². The van der Waals surface area contributed by atoms with E-state index in [0.717, 1.165) is 42.7 Å². The molecule has 2 aromatic heterocycles. The normalized spacial score (nSPS) is 13.6. The molecule has 3 heterocycles. The molecule has 1 amide bonds. The summed E-state index contributed by atoms with van der Waals surface area (Å²) in [7, 11) is 0. The predicted molar refractivity (Wildman–Crippen MR) is 124 cm³/mol. The quantitative estimate of drug-likeness (QED) is 0.459. The first-order valence-electron chi connectivity index (χ1n) is 10.6. The number of hydrogen-bond acceptors (Lipinski definition) is 6. The molecule has 0 unspecified atom stereocenters. The van der Waals surface area contributed by atoms with Gasteiger partial charge in [0.05, 0.1) is 10.4 Å². The van der Waals surface area contributed by atoms with E-state index in [-0.39, 0.29) is 11.2 Å². The van der Waals surface area contributed by atoms with Crippen LogP contribution in [0.2, 0.25) is 0 Å². The Morgan fingerprint density at radius 2 is 1.74 bits per heavy atom. The zero-order valence-electron chi connectivity index (χ0n) is 17.7. The first-order chi connectivity index (χ1) is 16.4. The Morgan fingerprint density at radius 3 is 2.44 bits per heavy atom. The van der Waals surface area contributed by atoms with Crippen molar-refractivity contribution in [1.29, 1.82) is 0 Å². The van der Waals surface area contributed by atoms with Gasteiger partial charge in [-0.1, -0.05) is 11.3 Å².